The van der Waals surface area contributed by atoms with Crippen LogP contribution in [0.3, 0.4) is 0 Å². The predicted molar refractivity (Wildman–Crippen MR) is 37.4 cm³/mol. The molecule has 0 spiro atoms. The molecule has 0 atom stereocenters. The summed E-state index contributed by atoms with van der Waals surface area (Å²) in [6.45, 7) is 6.48. The number of hydrogen-bond acceptors (Lipinski definition) is 2. The van der Waals surface area contributed by atoms with Gasteiger partial charge in [0.05, 0.1) is 0 Å². The van der Waals surface area contributed by atoms with Crippen molar-refractivity contribution in [1.29, 1.82) is 0 Å². The summed E-state index contributed by atoms with van der Waals surface area (Å²) in [6.07, 6.45) is 1.40. The van der Waals surface area contributed by atoms with E-state index in [0.29, 0.717) is 0 Å². The summed E-state index contributed by atoms with van der Waals surface area (Å²) >= 11 is 0. The van der Waals surface area contributed by atoms with E-state index in [1.54, 1.807) is 0 Å². The maximum absolute atomic E-state index is 3.41. The summed E-state index contributed by atoms with van der Waals surface area (Å²) in [4.78, 5) is 2.52. The lowest BCUT2D eigenvalue weighted by Crippen LogP contribution is -2.52. The fourth-order valence-corrected chi connectivity index (χ4v) is 1.71. The SMILES string of the molecule is C1CC2CN(CCN1)C2. The van der Waals surface area contributed by atoms with E-state index in [1.165, 1.54) is 39.1 Å². The summed E-state index contributed by atoms with van der Waals surface area (Å²) in [6, 6.07) is 0. The molecule has 3 aliphatic rings. The Morgan fingerprint density at radius 3 is 3.00 bits per heavy atom. The van der Waals surface area contributed by atoms with Gasteiger partial charge in [-0.05, 0) is 18.9 Å². The van der Waals surface area contributed by atoms with Crippen LogP contribution in [0, 0.1) is 5.92 Å². The molecular weight excluding hydrogens is 112 g/mol. The minimum Gasteiger partial charge on any atom is -0.315 e. The molecule has 2 heteroatoms. The van der Waals surface area contributed by atoms with Gasteiger partial charge in [-0.25, -0.2) is 0 Å². The van der Waals surface area contributed by atoms with Gasteiger partial charge in [-0.2, -0.15) is 0 Å². The third kappa shape index (κ3) is 1.10. The lowest BCUT2D eigenvalue weighted by atomic mass is 9.95. The first kappa shape index (κ1) is 5.69. The van der Waals surface area contributed by atoms with E-state index in [9.17, 15) is 0 Å². The van der Waals surface area contributed by atoms with Crippen LogP contribution in [0.15, 0.2) is 0 Å². The predicted octanol–water partition coefficient (Wildman–Crippen LogP) is -0.0885. The highest BCUT2D eigenvalue weighted by Crippen LogP contribution is 2.18. The molecule has 3 saturated heterocycles. The van der Waals surface area contributed by atoms with Gasteiger partial charge in [-0.15, -0.1) is 0 Å². The molecular formula is C7H14N2. The molecule has 0 aromatic rings. The van der Waals surface area contributed by atoms with Gasteiger partial charge in [-0.1, -0.05) is 0 Å². The summed E-state index contributed by atoms with van der Waals surface area (Å²) in [5.41, 5.74) is 0. The van der Waals surface area contributed by atoms with E-state index in [1.807, 2.05) is 0 Å². The van der Waals surface area contributed by atoms with Crippen molar-refractivity contribution in [3.63, 3.8) is 0 Å². The van der Waals surface area contributed by atoms with Crippen LogP contribution in [0.2, 0.25) is 0 Å². The average molecular weight is 126 g/mol. The second-order valence-corrected chi connectivity index (χ2v) is 3.16. The highest BCUT2D eigenvalue weighted by Gasteiger charge is 2.26. The fourth-order valence-electron chi connectivity index (χ4n) is 1.71. The molecule has 0 amide bonds. The van der Waals surface area contributed by atoms with Crippen molar-refractivity contribution >= 4 is 0 Å². The fraction of sp³-hybridized carbons (Fsp3) is 1.00. The van der Waals surface area contributed by atoms with Crippen LogP contribution in [0.4, 0.5) is 0 Å². The molecule has 0 aromatic carbocycles. The van der Waals surface area contributed by atoms with Gasteiger partial charge in [-0.3, -0.25) is 0 Å². The topological polar surface area (TPSA) is 15.3 Å². The quantitative estimate of drug-likeness (QED) is 0.488. The van der Waals surface area contributed by atoms with Crippen LogP contribution >= 0.6 is 0 Å². The molecule has 2 nitrogen and oxygen atoms in total. The molecule has 0 aliphatic carbocycles. The minimum atomic E-state index is 1.03. The number of hydrogen-bond donors (Lipinski definition) is 1. The van der Waals surface area contributed by atoms with Crippen LogP contribution in [0.5, 0.6) is 0 Å². The van der Waals surface area contributed by atoms with Gasteiger partial charge in [0.1, 0.15) is 0 Å². The van der Waals surface area contributed by atoms with Gasteiger partial charge < -0.3 is 10.2 Å². The Labute approximate surface area is 56.2 Å². The third-order valence-electron chi connectivity index (χ3n) is 2.37. The van der Waals surface area contributed by atoms with E-state index in [2.05, 4.69) is 10.2 Å². The molecule has 52 valence electrons. The molecule has 0 aromatic heterocycles. The molecule has 0 saturated carbocycles. The number of nitrogens with zero attached hydrogens (tertiary/aromatic N) is 1. The Morgan fingerprint density at radius 1 is 1.22 bits per heavy atom. The molecule has 2 bridgehead atoms. The highest BCUT2D eigenvalue weighted by atomic mass is 15.2. The van der Waals surface area contributed by atoms with Crippen molar-refractivity contribution in [1.82, 2.24) is 10.2 Å². The van der Waals surface area contributed by atoms with Gasteiger partial charge in [0.25, 0.3) is 0 Å². The van der Waals surface area contributed by atoms with E-state index in [-0.39, 0.29) is 0 Å². The second-order valence-electron chi connectivity index (χ2n) is 3.16. The monoisotopic (exact) mass is 126 g/mol. The first-order valence-corrected chi connectivity index (χ1v) is 3.88. The van der Waals surface area contributed by atoms with Gasteiger partial charge in [0, 0.05) is 26.2 Å². The third-order valence-corrected chi connectivity index (χ3v) is 2.37. The molecule has 3 rings (SSSR count). The zero-order valence-corrected chi connectivity index (χ0v) is 5.77. The first-order valence-electron chi connectivity index (χ1n) is 3.88. The number of nitrogens with one attached hydrogen (secondary N) is 1. The maximum Gasteiger partial charge on any atom is 0.0107 e. The van der Waals surface area contributed by atoms with E-state index >= 15 is 0 Å². The molecule has 3 heterocycles. The maximum atomic E-state index is 3.41. The van der Waals surface area contributed by atoms with Gasteiger partial charge >= 0.3 is 0 Å². The molecule has 0 radical (unpaired) electrons. The lowest BCUT2D eigenvalue weighted by Gasteiger charge is -2.41. The Kier molecular flexibility index (Phi) is 1.44. The lowest BCUT2D eigenvalue weighted by molar-refractivity contribution is 0.0833. The van der Waals surface area contributed by atoms with Crippen molar-refractivity contribution < 1.29 is 0 Å². The molecule has 9 heavy (non-hydrogen) atoms. The Hall–Kier alpha value is -0.0800. The van der Waals surface area contributed by atoms with E-state index in [4.69, 9.17) is 0 Å². The average Bonchev–Trinajstić information content (AvgIpc) is 1.54. The standard InChI is InChI=1S/C7H14N2/c1-2-8-3-4-9-5-7(1)6-9/h7-8H,1-6H2. The summed E-state index contributed by atoms with van der Waals surface area (Å²) < 4.78 is 0. The van der Waals surface area contributed by atoms with Crippen molar-refractivity contribution in [2.75, 3.05) is 32.7 Å². The molecule has 1 N–H and O–H groups in total. The van der Waals surface area contributed by atoms with Crippen molar-refractivity contribution in [2.45, 2.75) is 6.42 Å². The highest BCUT2D eigenvalue weighted by molar-refractivity contribution is 4.82. The minimum absolute atomic E-state index is 1.03. The zero-order chi connectivity index (χ0) is 6.10. The van der Waals surface area contributed by atoms with Crippen LogP contribution in [0.1, 0.15) is 6.42 Å². The van der Waals surface area contributed by atoms with Crippen LogP contribution in [-0.2, 0) is 0 Å². The normalized spacial score (nSPS) is 42.7. The van der Waals surface area contributed by atoms with Crippen molar-refractivity contribution in [2.24, 2.45) is 5.92 Å². The van der Waals surface area contributed by atoms with Crippen molar-refractivity contribution in [3.8, 4) is 0 Å². The Bertz CT molecular complexity index is 81.6. The van der Waals surface area contributed by atoms with Gasteiger partial charge in [0.15, 0.2) is 0 Å². The first-order chi connectivity index (χ1) is 4.45. The van der Waals surface area contributed by atoms with E-state index in [0.717, 1.165) is 5.92 Å². The summed E-state index contributed by atoms with van der Waals surface area (Å²) in [5, 5.41) is 3.41. The summed E-state index contributed by atoms with van der Waals surface area (Å²) in [7, 11) is 0. The van der Waals surface area contributed by atoms with E-state index < -0.39 is 0 Å². The van der Waals surface area contributed by atoms with Crippen LogP contribution in [-0.4, -0.2) is 37.6 Å². The number of rotatable bonds is 0. The smallest absolute Gasteiger partial charge is 0.0107 e. The molecule has 3 aliphatic heterocycles. The van der Waals surface area contributed by atoms with Crippen LogP contribution in [0.25, 0.3) is 0 Å². The molecule has 0 unspecified atom stereocenters. The Morgan fingerprint density at radius 2 is 2.11 bits per heavy atom. The Balaban J connectivity index is 1.85. The second kappa shape index (κ2) is 2.27. The number of fused-ring (bicyclic) bond motifs is 4. The zero-order valence-electron chi connectivity index (χ0n) is 5.77. The van der Waals surface area contributed by atoms with Crippen molar-refractivity contribution in [3.05, 3.63) is 0 Å². The summed E-state index contributed by atoms with van der Waals surface area (Å²) in [5.74, 6) is 1.03. The largest absolute Gasteiger partial charge is 0.315 e. The van der Waals surface area contributed by atoms with Crippen LogP contribution < -0.4 is 5.32 Å². The molecule has 3 fully saturated rings. The van der Waals surface area contributed by atoms with Gasteiger partial charge in [0.2, 0.25) is 0 Å².